The predicted octanol–water partition coefficient (Wildman–Crippen LogP) is 1.06. The Balaban J connectivity index is 2.18. The van der Waals surface area contributed by atoms with E-state index in [9.17, 15) is 4.79 Å². The van der Waals surface area contributed by atoms with Crippen molar-refractivity contribution in [3.63, 3.8) is 0 Å². The summed E-state index contributed by atoms with van der Waals surface area (Å²) >= 11 is 1.20. The van der Waals surface area contributed by atoms with E-state index in [4.69, 9.17) is 5.73 Å². The van der Waals surface area contributed by atoms with E-state index in [0.717, 1.165) is 5.69 Å². The fraction of sp³-hybridized carbons (Fsp3) is 0.300. The lowest BCUT2D eigenvalue weighted by Gasteiger charge is -1.98. The molecule has 96 valence electrons. The number of nitrogens with zero attached hydrogens (tertiary/aromatic N) is 3. The largest absolute Gasteiger partial charge is 0.382 e. The van der Waals surface area contributed by atoms with Crippen molar-refractivity contribution in [2.45, 2.75) is 6.92 Å². The maximum atomic E-state index is 12.0. The number of carbonyl (C=O) groups excluding carboxylic acids is 1. The van der Waals surface area contributed by atoms with Crippen LogP contribution in [-0.2, 0) is 7.05 Å². The first kappa shape index (κ1) is 12.4. The van der Waals surface area contributed by atoms with Gasteiger partial charge in [-0.2, -0.15) is 5.10 Å². The molecule has 1 amide bonds. The summed E-state index contributed by atoms with van der Waals surface area (Å²) in [5.41, 5.74) is 6.64. The summed E-state index contributed by atoms with van der Waals surface area (Å²) < 4.78 is 1.69. The Bertz CT molecular complexity index is 568. The van der Waals surface area contributed by atoms with E-state index in [-0.39, 0.29) is 11.7 Å². The van der Waals surface area contributed by atoms with E-state index >= 15 is 0 Å². The van der Waals surface area contributed by atoms with Crippen LogP contribution in [0.15, 0.2) is 6.07 Å². The van der Waals surface area contributed by atoms with Crippen LogP contribution in [0.1, 0.15) is 15.4 Å². The summed E-state index contributed by atoms with van der Waals surface area (Å²) in [6.45, 7) is 1.91. The molecule has 0 aliphatic rings. The normalized spacial score (nSPS) is 10.4. The molecule has 0 aromatic carbocycles. The molecule has 0 unspecified atom stereocenters. The molecule has 18 heavy (non-hydrogen) atoms. The highest BCUT2D eigenvalue weighted by molar-refractivity contribution is 7.18. The van der Waals surface area contributed by atoms with Crippen molar-refractivity contribution < 1.29 is 4.79 Å². The zero-order chi connectivity index (χ0) is 13.3. The number of nitrogens with one attached hydrogen (secondary N) is 2. The van der Waals surface area contributed by atoms with Crippen LogP contribution in [0.2, 0.25) is 0 Å². The number of carbonyl (C=O) groups is 1. The molecule has 0 radical (unpaired) electrons. The van der Waals surface area contributed by atoms with E-state index in [1.165, 1.54) is 11.3 Å². The van der Waals surface area contributed by atoms with E-state index in [1.807, 2.05) is 14.0 Å². The Morgan fingerprint density at radius 3 is 2.78 bits per heavy atom. The van der Waals surface area contributed by atoms with Gasteiger partial charge >= 0.3 is 0 Å². The minimum absolute atomic E-state index is 0.217. The van der Waals surface area contributed by atoms with E-state index in [0.29, 0.717) is 15.8 Å². The van der Waals surface area contributed by atoms with Gasteiger partial charge in [0.05, 0.1) is 0 Å². The molecule has 0 aliphatic heterocycles. The van der Waals surface area contributed by atoms with Gasteiger partial charge in [0.15, 0.2) is 10.9 Å². The minimum Gasteiger partial charge on any atom is -0.382 e. The zero-order valence-corrected chi connectivity index (χ0v) is 11.1. The molecule has 4 N–H and O–H groups in total. The number of aryl methyl sites for hydroxylation is 2. The minimum atomic E-state index is -0.301. The van der Waals surface area contributed by atoms with Crippen molar-refractivity contribution in [3.8, 4) is 0 Å². The van der Waals surface area contributed by atoms with Crippen LogP contribution in [0.5, 0.6) is 0 Å². The molecule has 0 fully saturated rings. The second-order valence-corrected chi connectivity index (χ2v) is 4.73. The highest BCUT2D eigenvalue weighted by Crippen LogP contribution is 2.25. The standard InChI is InChI=1S/C10H14N6OS/c1-5-4-6(15-16(5)3)13-9(17)7-8(11)14-10(12-2)18-7/h4H,11H2,1-3H3,(H,12,14)(H,13,15,17). The molecule has 0 aliphatic carbocycles. The molecule has 0 spiro atoms. The van der Waals surface area contributed by atoms with Crippen LogP contribution >= 0.6 is 11.3 Å². The predicted molar refractivity (Wildman–Crippen MR) is 72.0 cm³/mol. The average Bonchev–Trinajstić information content (AvgIpc) is 2.83. The summed E-state index contributed by atoms with van der Waals surface area (Å²) in [6, 6.07) is 1.79. The van der Waals surface area contributed by atoms with Gasteiger partial charge in [-0.15, -0.1) is 0 Å². The number of nitrogens with two attached hydrogens (primary N) is 1. The van der Waals surface area contributed by atoms with Gasteiger partial charge in [-0.1, -0.05) is 11.3 Å². The maximum absolute atomic E-state index is 12.0. The van der Waals surface area contributed by atoms with Gasteiger partial charge in [0, 0.05) is 25.9 Å². The third kappa shape index (κ3) is 2.28. The monoisotopic (exact) mass is 266 g/mol. The first-order valence-corrected chi connectivity index (χ1v) is 6.09. The number of hydrogen-bond donors (Lipinski definition) is 3. The fourth-order valence-corrected chi connectivity index (χ4v) is 2.13. The highest BCUT2D eigenvalue weighted by Gasteiger charge is 2.16. The van der Waals surface area contributed by atoms with E-state index < -0.39 is 0 Å². The van der Waals surface area contributed by atoms with Crippen LogP contribution in [0.3, 0.4) is 0 Å². The van der Waals surface area contributed by atoms with E-state index in [1.54, 1.807) is 17.8 Å². The number of anilines is 3. The van der Waals surface area contributed by atoms with Gasteiger partial charge in [0.2, 0.25) is 0 Å². The Hall–Kier alpha value is -2.09. The molecular weight excluding hydrogens is 252 g/mol. The van der Waals surface area contributed by atoms with Gasteiger partial charge < -0.3 is 16.4 Å². The number of rotatable bonds is 3. The molecule has 0 saturated heterocycles. The van der Waals surface area contributed by atoms with Crippen LogP contribution < -0.4 is 16.4 Å². The van der Waals surface area contributed by atoms with Crippen LogP contribution in [0, 0.1) is 6.92 Å². The number of aromatic nitrogens is 3. The first-order chi connectivity index (χ1) is 8.51. The van der Waals surface area contributed by atoms with Gasteiger partial charge in [-0.05, 0) is 6.92 Å². The van der Waals surface area contributed by atoms with Gasteiger partial charge in [-0.3, -0.25) is 9.48 Å². The molecule has 2 rings (SSSR count). The lowest BCUT2D eigenvalue weighted by atomic mass is 10.4. The first-order valence-electron chi connectivity index (χ1n) is 5.27. The molecule has 0 saturated carbocycles. The molecule has 2 aromatic rings. The van der Waals surface area contributed by atoms with E-state index in [2.05, 4.69) is 20.7 Å². The van der Waals surface area contributed by atoms with Crippen LogP contribution in [0.25, 0.3) is 0 Å². The zero-order valence-electron chi connectivity index (χ0n) is 10.3. The SMILES string of the molecule is CNc1nc(N)c(C(=O)Nc2cc(C)n(C)n2)s1. The van der Waals surface area contributed by atoms with Gasteiger partial charge in [0.25, 0.3) is 5.91 Å². The number of nitrogen functional groups attached to an aromatic ring is 1. The summed E-state index contributed by atoms with van der Waals surface area (Å²) in [6.07, 6.45) is 0. The molecule has 7 nitrogen and oxygen atoms in total. The Labute approximate surface area is 108 Å². The number of hydrogen-bond acceptors (Lipinski definition) is 6. The molecule has 2 aromatic heterocycles. The summed E-state index contributed by atoms with van der Waals surface area (Å²) in [5.74, 6) is 0.415. The van der Waals surface area contributed by atoms with Crippen molar-refractivity contribution in [2.75, 3.05) is 23.4 Å². The summed E-state index contributed by atoms with van der Waals surface area (Å²) in [5, 5.41) is 10.3. The second kappa shape index (κ2) is 4.65. The third-order valence-electron chi connectivity index (χ3n) is 2.43. The van der Waals surface area contributed by atoms with Crippen molar-refractivity contribution >= 4 is 34.0 Å². The maximum Gasteiger partial charge on any atom is 0.270 e. The quantitative estimate of drug-likeness (QED) is 0.771. The van der Waals surface area contributed by atoms with Crippen molar-refractivity contribution in [1.82, 2.24) is 14.8 Å². The van der Waals surface area contributed by atoms with Gasteiger partial charge in [-0.25, -0.2) is 4.98 Å². The summed E-state index contributed by atoms with van der Waals surface area (Å²) in [4.78, 5) is 16.4. The topological polar surface area (TPSA) is 97.9 Å². The Morgan fingerprint density at radius 2 is 2.28 bits per heavy atom. The van der Waals surface area contributed by atoms with Crippen molar-refractivity contribution in [3.05, 3.63) is 16.6 Å². The Morgan fingerprint density at radius 1 is 1.56 bits per heavy atom. The van der Waals surface area contributed by atoms with Gasteiger partial charge in [0.1, 0.15) is 10.7 Å². The average molecular weight is 266 g/mol. The highest BCUT2D eigenvalue weighted by atomic mass is 32.1. The lowest BCUT2D eigenvalue weighted by Crippen LogP contribution is -2.12. The molecule has 8 heteroatoms. The summed E-state index contributed by atoms with van der Waals surface area (Å²) in [7, 11) is 3.53. The van der Waals surface area contributed by atoms with Crippen molar-refractivity contribution in [2.24, 2.45) is 7.05 Å². The molecule has 0 bridgehead atoms. The second-order valence-electron chi connectivity index (χ2n) is 3.73. The molecule has 2 heterocycles. The number of thiazole rings is 1. The third-order valence-corrected chi connectivity index (χ3v) is 3.52. The smallest absolute Gasteiger partial charge is 0.270 e. The van der Waals surface area contributed by atoms with Crippen LogP contribution in [-0.4, -0.2) is 27.7 Å². The van der Waals surface area contributed by atoms with Crippen molar-refractivity contribution in [1.29, 1.82) is 0 Å². The lowest BCUT2D eigenvalue weighted by molar-refractivity contribution is 0.103. The molecule has 0 atom stereocenters. The molecular formula is C10H14N6OS. The fourth-order valence-electron chi connectivity index (χ4n) is 1.40. The van der Waals surface area contributed by atoms with Crippen LogP contribution in [0.4, 0.5) is 16.8 Å². The number of amides is 1. The Kier molecular flexibility index (Phi) is 3.19.